The van der Waals surface area contributed by atoms with Gasteiger partial charge in [-0.1, -0.05) is 12.1 Å². The van der Waals surface area contributed by atoms with Crippen LogP contribution >= 0.6 is 0 Å². The van der Waals surface area contributed by atoms with Crippen LogP contribution in [0.5, 0.6) is 0 Å². The molecule has 1 N–H and O–H groups in total. The van der Waals surface area contributed by atoms with Gasteiger partial charge in [0.2, 0.25) is 0 Å². The Labute approximate surface area is 100 Å². The van der Waals surface area contributed by atoms with E-state index in [1.165, 1.54) is 5.56 Å². The van der Waals surface area contributed by atoms with E-state index in [0.717, 1.165) is 22.9 Å². The highest BCUT2D eigenvalue weighted by molar-refractivity contribution is 6.09. The number of H-pyrrole nitrogens is 1. The number of aromatic amines is 1. The topological polar surface area (TPSA) is 36.1 Å². The molecule has 1 atom stereocenters. The second-order valence-corrected chi connectivity index (χ2v) is 4.99. The molecule has 0 amide bonds. The van der Waals surface area contributed by atoms with Crippen molar-refractivity contribution in [1.82, 2.24) is 9.88 Å². The van der Waals surface area contributed by atoms with Gasteiger partial charge in [-0.15, -0.1) is 0 Å². The van der Waals surface area contributed by atoms with Crippen LogP contribution in [0.3, 0.4) is 0 Å². The van der Waals surface area contributed by atoms with Crippen LogP contribution in [0.1, 0.15) is 22.3 Å². The minimum Gasteiger partial charge on any atom is -0.361 e. The van der Waals surface area contributed by atoms with E-state index >= 15 is 0 Å². The number of rotatable bonds is 1. The molecule has 3 rings (SSSR count). The first kappa shape index (κ1) is 10.5. The second-order valence-electron chi connectivity index (χ2n) is 4.99. The highest BCUT2D eigenvalue weighted by atomic mass is 16.1. The number of Topliss-reactive ketones (excluding diaryl/α,β-unsaturated/α-hetero) is 1. The summed E-state index contributed by atoms with van der Waals surface area (Å²) >= 11 is 0. The van der Waals surface area contributed by atoms with Gasteiger partial charge >= 0.3 is 0 Å². The molecular weight excluding hydrogens is 212 g/mol. The summed E-state index contributed by atoms with van der Waals surface area (Å²) < 4.78 is 0. The minimum absolute atomic E-state index is 0.257. The highest BCUT2D eigenvalue weighted by Crippen LogP contribution is 2.29. The number of hydrogen-bond donors (Lipinski definition) is 1. The maximum Gasteiger partial charge on any atom is 0.165 e. The summed E-state index contributed by atoms with van der Waals surface area (Å²) in [6.07, 6.45) is 3.60. The Hall–Kier alpha value is -1.61. The molecule has 2 aromatic rings. The summed E-state index contributed by atoms with van der Waals surface area (Å²) in [4.78, 5) is 17.7. The van der Waals surface area contributed by atoms with Crippen molar-refractivity contribution in [2.24, 2.45) is 0 Å². The number of benzene rings is 1. The molecule has 3 nitrogen and oxygen atoms in total. The quantitative estimate of drug-likeness (QED) is 0.812. The van der Waals surface area contributed by atoms with Gasteiger partial charge in [-0.25, -0.2) is 0 Å². The van der Waals surface area contributed by atoms with Gasteiger partial charge in [-0.05, 0) is 32.1 Å². The van der Waals surface area contributed by atoms with E-state index < -0.39 is 0 Å². The predicted molar refractivity (Wildman–Crippen MR) is 68.4 cm³/mol. The lowest BCUT2D eigenvalue weighted by Crippen LogP contribution is -2.31. The summed E-state index contributed by atoms with van der Waals surface area (Å²) in [6.45, 7) is 0. The zero-order valence-electron chi connectivity index (χ0n) is 10.2. The number of carbonyl (C=O) groups is 1. The second kappa shape index (κ2) is 3.70. The van der Waals surface area contributed by atoms with Crippen LogP contribution in [0.15, 0.2) is 24.4 Å². The number of carbonyl (C=O) groups excluding carboxylic acids is 1. The van der Waals surface area contributed by atoms with E-state index in [1.54, 1.807) is 0 Å². The zero-order valence-corrected chi connectivity index (χ0v) is 10.2. The maximum absolute atomic E-state index is 12.3. The predicted octanol–water partition coefficient (Wildman–Crippen LogP) is 2.23. The number of likely N-dealkylation sites (N-methyl/N-ethyl adjacent to an activating group) is 1. The number of hydrogen-bond acceptors (Lipinski definition) is 2. The molecule has 0 spiro atoms. The summed E-state index contributed by atoms with van der Waals surface area (Å²) in [5, 5.41) is 1.13. The van der Waals surface area contributed by atoms with Gasteiger partial charge < -0.3 is 9.88 Å². The van der Waals surface area contributed by atoms with E-state index in [0.29, 0.717) is 12.5 Å². The van der Waals surface area contributed by atoms with E-state index in [1.807, 2.05) is 38.5 Å². The van der Waals surface area contributed by atoms with Crippen LogP contribution in [-0.2, 0) is 6.42 Å². The van der Waals surface area contributed by atoms with Crippen LogP contribution in [0.4, 0.5) is 0 Å². The molecule has 0 radical (unpaired) electrons. The summed E-state index contributed by atoms with van der Waals surface area (Å²) in [5.41, 5.74) is 3.22. The molecule has 1 unspecified atom stereocenters. The van der Waals surface area contributed by atoms with Gasteiger partial charge in [0.25, 0.3) is 0 Å². The average molecular weight is 228 g/mol. The third kappa shape index (κ3) is 1.58. The van der Waals surface area contributed by atoms with Crippen molar-refractivity contribution in [2.75, 3.05) is 14.1 Å². The largest absolute Gasteiger partial charge is 0.361 e. The lowest BCUT2D eigenvalue weighted by atomic mass is 10.0. The molecule has 3 heteroatoms. The molecule has 0 saturated carbocycles. The van der Waals surface area contributed by atoms with Gasteiger partial charge in [0.05, 0.1) is 0 Å². The van der Waals surface area contributed by atoms with Crippen molar-refractivity contribution < 1.29 is 4.79 Å². The number of nitrogens with one attached hydrogen (secondary N) is 1. The first-order valence-corrected chi connectivity index (χ1v) is 5.95. The van der Waals surface area contributed by atoms with Crippen LogP contribution in [0.2, 0.25) is 0 Å². The number of ketones is 1. The fourth-order valence-corrected chi connectivity index (χ4v) is 2.66. The fourth-order valence-electron chi connectivity index (χ4n) is 2.66. The molecule has 1 aromatic heterocycles. The SMILES string of the molecule is CN(C)C1CC(=O)c2cccc3[nH]cc(c23)C1. The Morgan fingerprint density at radius 1 is 1.29 bits per heavy atom. The normalized spacial score (nSPS) is 19.9. The molecule has 1 aliphatic rings. The van der Waals surface area contributed by atoms with Gasteiger partial charge in [-0.2, -0.15) is 0 Å². The molecule has 0 aliphatic heterocycles. The maximum atomic E-state index is 12.3. The third-order valence-electron chi connectivity index (χ3n) is 3.69. The van der Waals surface area contributed by atoms with Crippen molar-refractivity contribution >= 4 is 16.7 Å². The number of aromatic nitrogens is 1. The van der Waals surface area contributed by atoms with Crippen LogP contribution in [-0.4, -0.2) is 35.8 Å². The molecular formula is C14H16N2O. The third-order valence-corrected chi connectivity index (χ3v) is 3.69. The zero-order chi connectivity index (χ0) is 12.0. The molecule has 0 fully saturated rings. The lowest BCUT2D eigenvalue weighted by Gasteiger charge is -2.21. The van der Waals surface area contributed by atoms with E-state index in [-0.39, 0.29) is 5.78 Å². The highest BCUT2D eigenvalue weighted by Gasteiger charge is 2.25. The molecule has 1 aliphatic carbocycles. The Bertz CT molecular complexity index is 583. The van der Waals surface area contributed by atoms with Crippen LogP contribution in [0.25, 0.3) is 10.9 Å². The van der Waals surface area contributed by atoms with E-state index in [2.05, 4.69) is 9.88 Å². The summed E-state index contributed by atoms with van der Waals surface area (Å²) in [6, 6.07) is 6.23. The Morgan fingerprint density at radius 3 is 2.88 bits per heavy atom. The van der Waals surface area contributed by atoms with Crippen LogP contribution in [0, 0.1) is 0 Å². The molecule has 1 heterocycles. The molecule has 1 aromatic carbocycles. The van der Waals surface area contributed by atoms with Crippen molar-refractivity contribution in [3.63, 3.8) is 0 Å². The van der Waals surface area contributed by atoms with E-state index in [4.69, 9.17) is 0 Å². The summed E-state index contributed by atoms with van der Waals surface area (Å²) in [5.74, 6) is 0.257. The molecule has 88 valence electrons. The minimum atomic E-state index is 0.257. The van der Waals surface area contributed by atoms with Gasteiger partial charge in [-0.3, -0.25) is 4.79 Å². The molecule has 0 saturated heterocycles. The van der Waals surface area contributed by atoms with Gasteiger partial charge in [0, 0.05) is 35.1 Å². The first-order chi connectivity index (χ1) is 8.16. The summed E-state index contributed by atoms with van der Waals surface area (Å²) in [7, 11) is 4.08. The Morgan fingerprint density at radius 2 is 2.12 bits per heavy atom. The number of nitrogens with zero attached hydrogens (tertiary/aromatic N) is 1. The average Bonchev–Trinajstić information content (AvgIpc) is 2.64. The van der Waals surface area contributed by atoms with Gasteiger partial charge in [0.1, 0.15) is 0 Å². The van der Waals surface area contributed by atoms with Crippen molar-refractivity contribution in [1.29, 1.82) is 0 Å². The van der Waals surface area contributed by atoms with Crippen LogP contribution < -0.4 is 0 Å². The van der Waals surface area contributed by atoms with Crippen molar-refractivity contribution in [3.8, 4) is 0 Å². The smallest absolute Gasteiger partial charge is 0.165 e. The van der Waals surface area contributed by atoms with Gasteiger partial charge in [0.15, 0.2) is 5.78 Å². The molecule has 0 bridgehead atoms. The standard InChI is InChI=1S/C14H16N2O/c1-16(2)10-6-9-8-15-12-5-3-4-11(14(9)12)13(17)7-10/h3-5,8,10,15H,6-7H2,1-2H3. The molecule has 17 heavy (non-hydrogen) atoms. The first-order valence-electron chi connectivity index (χ1n) is 5.95. The Balaban J connectivity index is 2.21. The fraction of sp³-hybridized carbons (Fsp3) is 0.357. The van der Waals surface area contributed by atoms with Crippen molar-refractivity contribution in [3.05, 3.63) is 35.5 Å². The van der Waals surface area contributed by atoms with E-state index in [9.17, 15) is 4.79 Å². The monoisotopic (exact) mass is 228 g/mol. The van der Waals surface area contributed by atoms with Crippen molar-refractivity contribution in [2.45, 2.75) is 18.9 Å². The Kier molecular flexibility index (Phi) is 2.30. The lowest BCUT2D eigenvalue weighted by molar-refractivity contribution is 0.0948.